The van der Waals surface area contributed by atoms with Gasteiger partial charge in [0.05, 0.1) is 31.8 Å². The highest BCUT2D eigenvalue weighted by atomic mass is 16.5. The summed E-state index contributed by atoms with van der Waals surface area (Å²) in [6.45, 7) is 2.82. The average molecular weight is 178 g/mol. The molecule has 0 bridgehead atoms. The molecule has 0 saturated heterocycles. The highest BCUT2D eigenvalue weighted by Gasteiger charge is 2.29. The number of methoxy groups -OCH3 is 1. The van der Waals surface area contributed by atoms with Crippen LogP contribution in [0.25, 0.3) is 0 Å². The quantitative estimate of drug-likeness (QED) is 0.559. The molecule has 74 valence electrons. The fourth-order valence-electron chi connectivity index (χ4n) is 0.899. The van der Waals surface area contributed by atoms with Gasteiger partial charge in [-0.2, -0.15) is 0 Å². The van der Waals surface area contributed by atoms with E-state index in [4.69, 9.17) is 19.7 Å². The van der Waals surface area contributed by atoms with E-state index in [9.17, 15) is 0 Å². The first kappa shape index (κ1) is 11.8. The van der Waals surface area contributed by atoms with Crippen molar-refractivity contribution in [2.24, 2.45) is 5.41 Å². The lowest BCUT2D eigenvalue weighted by Crippen LogP contribution is -2.39. The van der Waals surface area contributed by atoms with Crippen molar-refractivity contribution in [3.05, 3.63) is 0 Å². The normalized spacial score (nSPS) is 12.0. The molecule has 0 unspecified atom stereocenters. The third-order valence-corrected chi connectivity index (χ3v) is 1.73. The largest absolute Gasteiger partial charge is 0.396 e. The molecule has 0 radical (unpaired) electrons. The number of aliphatic hydroxyl groups is 2. The maximum atomic E-state index is 9.01. The lowest BCUT2D eigenvalue weighted by Gasteiger charge is -2.28. The van der Waals surface area contributed by atoms with Crippen molar-refractivity contribution in [2.45, 2.75) is 6.92 Å². The molecule has 0 amide bonds. The molecule has 0 aromatic heterocycles. The molecule has 0 aromatic rings. The lowest BCUT2D eigenvalue weighted by atomic mass is 9.92. The smallest absolute Gasteiger partial charge is 0.0632 e. The summed E-state index contributed by atoms with van der Waals surface area (Å²) in [6.07, 6.45) is 0. The summed E-state index contributed by atoms with van der Waals surface area (Å²) in [5.74, 6) is 0. The van der Waals surface area contributed by atoms with E-state index in [1.54, 1.807) is 0 Å². The number of hydrogen-bond acceptors (Lipinski definition) is 4. The van der Waals surface area contributed by atoms with Gasteiger partial charge in [-0.15, -0.1) is 0 Å². The third kappa shape index (κ3) is 3.49. The van der Waals surface area contributed by atoms with Gasteiger partial charge in [0, 0.05) is 13.7 Å². The van der Waals surface area contributed by atoms with Crippen LogP contribution in [0.4, 0.5) is 0 Å². The molecule has 2 N–H and O–H groups in total. The number of aliphatic hydroxyl groups excluding tert-OH is 2. The Labute approximate surface area is 73.1 Å². The summed E-state index contributed by atoms with van der Waals surface area (Å²) in [7, 11) is 1.53. The molecule has 0 aliphatic carbocycles. The van der Waals surface area contributed by atoms with E-state index in [1.807, 2.05) is 6.92 Å². The summed E-state index contributed by atoms with van der Waals surface area (Å²) >= 11 is 0. The molecule has 0 atom stereocenters. The van der Waals surface area contributed by atoms with Crippen LogP contribution in [0, 0.1) is 5.41 Å². The average Bonchev–Trinajstić information content (AvgIpc) is 2.13. The van der Waals surface area contributed by atoms with Crippen LogP contribution in [0.1, 0.15) is 6.92 Å². The molecule has 0 spiro atoms. The van der Waals surface area contributed by atoms with E-state index in [1.165, 1.54) is 7.11 Å². The van der Waals surface area contributed by atoms with Crippen molar-refractivity contribution >= 4 is 0 Å². The van der Waals surface area contributed by atoms with E-state index >= 15 is 0 Å². The molecule has 0 aliphatic rings. The van der Waals surface area contributed by atoms with Crippen molar-refractivity contribution in [1.29, 1.82) is 0 Å². The molecular formula is C8H18O4. The lowest BCUT2D eigenvalue weighted by molar-refractivity contribution is -0.0653. The maximum absolute atomic E-state index is 9.01. The first-order chi connectivity index (χ1) is 5.74. The van der Waals surface area contributed by atoms with Crippen LogP contribution in [0.5, 0.6) is 0 Å². The molecule has 0 saturated carbocycles. The Bertz CT molecular complexity index is 101. The first-order valence-electron chi connectivity index (χ1n) is 4.03. The number of hydrogen-bond donors (Lipinski definition) is 2. The first-order valence-corrected chi connectivity index (χ1v) is 4.03. The summed E-state index contributed by atoms with van der Waals surface area (Å²) < 4.78 is 10.0. The molecule has 4 heteroatoms. The molecule has 4 nitrogen and oxygen atoms in total. The third-order valence-electron chi connectivity index (χ3n) is 1.73. The second-order valence-corrected chi connectivity index (χ2v) is 2.89. The Morgan fingerprint density at radius 2 is 1.75 bits per heavy atom. The standard InChI is InChI=1S/C8H18O4/c1-3-12-7-8(4-9,5-10)6-11-2/h9-10H,3-7H2,1-2H3. The van der Waals surface area contributed by atoms with E-state index in [-0.39, 0.29) is 13.2 Å². The van der Waals surface area contributed by atoms with Gasteiger partial charge in [-0.3, -0.25) is 0 Å². The Balaban J connectivity index is 3.95. The number of ether oxygens (including phenoxy) is 2. The molecular weight excluding hydrogens is 160 g/mol. The minimum Gasteiger partial charge on any atom is -0.396 e. The van der Waals surface area contributed by atoms with Gasteiger partial charge in [0.2, 0.25) is 0 Å². The van der Waals surface area contributed by atoms with E-state index in [0.29, 0.717) is 19.8 Å². The Morgan fingerprint density at radius 3 is 2.08 bits per heavy atom. The molecule has 0 aliphatic heterocycles. The van der Waals surface area contributed by atoms with Gasteiger partial charge >= 0.3 is 0 Å². The molecule has 0 fully saturated rings. The summed E-state index contributed by atoms with van der Waals surface area (Å²) in [4.78, 5) is 0. The van der Waals surface area contributed by atoms with Crippen LogP contribution in [-0.4, -0.2) is 50.4 Å². The molecule has 0 rings (SSSR count). The van der Waals surface area contributed by atoms with Gasteiger partial charge in [-0.25, -0.2) is 0 Å². The SMILES string of the molecule is CCOCC(CO)(CO)COC. The van der Waals surface area contributed by atoms with Crippen LogP contribution < -0.4 is 0 Å². The topological polar surface area (TPSA) is 58.9 Å². The molecule has 12 heavy (non-hydrogen) atoms. The van der Waals surface area contributed by atoms with Crippen molar-refractivity contribution in [1.82, 2.24) is 0 Å². The Kier molecular flexibility index (Phi) is 6.28. The monoisotopic (exact) mass is 178 g/mol. The zero-order valence-electron chi connectivity index (χ0n) is 7.75. The van der Waals surface area contributed by atoms with Crippen LogP contribution in [0.3, 0.4) is 0 Å². The summed E-state index contributed by atoms with van der Waals surface area (Å²) in [5, 5.41) is 18.0. The van der Waals surface area contributed by atoms with Gasteiger partial charge in [0.25, 0.3) is 0 Å². The summed E-state index contributed by atoms with van der Waals surface area (Å²) in [5.41, 5.74) is -0.648. The van der Waals surface area contributed by atoms with Gasteiger partial charge in [-0.1, -0.05) is 0 Å². The van der Waals surface area contributed by atoms with Crippen LogP contribution >= 0.6 is 0 Å². The predicted molar refractivity (Wildman–Crippen MR) is 45.0 cm³/mol. The minimum absolute atomic E-state index is 0.128. The molecule has 0 heterocycles. The fourth-order valence-corrected chi connectivity index (χ4v) is 0.899. The molecule has 0 aromatic carbocycles. The van der Waals surface area contributed by atoms with Crippen LogP contribution in [-0.2, 0) is 9.47 Å². The van der Waals surface area contributed by atoms with Gasteiger partial charge in [-0.05, 0) is 6.92 Å². The van der Waals surface area contributed by atoms with Crippen molar-refractivity contribution in [3.8, 4) is 0 Å². The number of rotatable bonds is 7. The van der Waals surface area contributed by atoms with Gasteiger partial charge < -0.3 is 19.7 Å². The van der Waals surface area contributed by atoms with E-state index < -0.39 is 5.41 Å². The van der Waals surface area contributed by atoms with Gasteiger partial charge in [0.15, 0.2) is 0 Å². The van der Waals surface area contributed by atoms with Crippen molar-refractivity contribution < 1.29 is 19.7 Å². The maximum Gasteiger partial charge on any atom is 0.0632 e. The minimum atomic E-state index is -0.648. The van der Waals surface area contributed by atoms with E-state index in [0.717, 1.165) is 0 Å². The van der Waals surface area contributed by atoms with Crippen molar-refractivity contribution in [2.75, 3.05) is 40.1 Å². The van der Waals surface area contributed by atoms with Crippen molar-refractivity contribution in [3.63, 3.8) is 0 Å². The zero-order chi connectivity index (χ0) is 9.45. The van der Waals surface area contributed by atoms with Gasteiger partial charge in [0.1, 0.15) is 0 Å². The van der Waals surface area contributed by atoms with Crippen LogP contribution in [0.15, 0.2) is 0 Å². The Morgan fingerprint density at radius 1 is 1.17 bits per heavy atom. The highest BCUT2D eigenvalue weighted by molar-refractivity contribution is 4.76. The Hall–Kier alpha value is -0.160. The van der Waals surface area contributed by atoms with E-state index in [2.05, 4.69) is 0 Å². The zero-order valence-corrected chi connectivity index (χ0v) is 7.75. The summed E-state index contributed by atoms with van der Waals surface area (Å²) in [6, 6.07) is 0. The second kappa shape index (κ2) is 6.37. The predicted octanol–water partition coefficient (Wildman–Crippen LogP) is -0.360. The highest BCUT2D eigenvalue weighted by Crippen LogP contribution is 2.16. The van der Waals surface area contributed by atoms with Crippen LogP contribution in [0.2, 0.25) is 0 Å². The second-order valence-electron chi connectivity index (χ2n) is 2.89. The fraction of sp³-hybridized carbons (Fsp3) is 1.00.